The molecule has 0 radical (unpaired) electrons. The summed E-state index contributed by atoms with van der Waals surface area (Å²) in [6.45, 7) is 18.7. The fraction of sp³-hybridized carbons (Fsp3) is 0.296. The van der Waals surface area contributed by atoms with Crippen LogP contribution in [0, 0.1) is 0 Å². The average molecular weight is 1100 g/mol. The summed E-state index contributed by atoms with van der Waals surface area (Å²) in [5, 5.41) is 4.29. The maximum atomic E-state index is 12.0. The number of sulfonamides is 1. The molecule has 0 saturated carbocycles. The van der Waals surface area contributed by atoms with Gasteiger partial charge in [-0.05, 0) is 117 Å². The van der Waals surface area contributed by atoms with Gasteiger partial charge in [0, 0.05) is 85.5 Å². The molecule has 21 heteroatoms. The summed E-state index contributed by atoms with van der Waals surface area (Å²) in [5.74, 6) is 3.21. The van der Waals surface area contributed by atoms with Crippen molar-refractivity contribution in [2.45, 2.75) is 20.8 Å². The van der Waals surface area contributed by atoms with Crippen molar-refractivity contribution in [3.05, 3.63) is 157 Å². The quantitative estimate of drug-likeness (QED) is 0.0576. The van der Waals surface area contributed by atoms with Gasteiger partial charge in [-0.25, -0.2) is 26.8 Å². The van der Waals surface area contributed by atoms with Gasteiger partial charge in [0.1, 0.15) is 34.6 Å². The van der Waals surface area contributed by atoms with E-state index in [0.717, 1.165) is 60.0 Å². The lowest BCUT2D eigenvalue weighted by Crippen LogP contribution is -2.48. The third-order valence-corrected chi connectivity index (χ3v) is 14.8. The molecular formula is C54H65Cl2N9O8S2. The molecule has 400 valence electrons. The van der Waals surface area contributed by atoms with Crippen LogP contribution in [0.1, 0.15) is 41.5 Å². The molecule has 0 spiro atoms. The number of pyridine rings is 2. The molecule has 5 N–H and O–H groups in total. The second kappa shape index (κ2) is 29.5. The van der Waals surface area contributed by atoms with Crippen LogP contribution in [0.25, 0.3) is 22.5 Å². The molecule has 4 aromatic carbocycles. The zero-order valence-corrected chi connectivity index (χ0v) is 45.5. The molecule has 0 atom stereocenters. The standard InChI is InChI=1S/C24H24N4O4S.C22H22N4O2.C6H15N.C2H4Cl2O2S/c1-2-33(30,31)28-16-14-27(15-17-28)22-13-12-21(24(25)29)23(26-22)18-8-10-20(11-9-18)32-19-6-4-3-5-7-19;23-22(27)19-10-11-20(26-14-12-24-13-15-26)25-21(19)16-6-8-18(9-7-16)28-17-4-2-1-3-5-17;1-4-7(5-2)6-3;3-1-2-7(4,5)6/h2-13H,1,14-17H2,(H2,25,29);1-11,24H,12-15H2,(H2,23,27);4-6H2,1-3H3;1-2H2. The average Bonchev–Trinajstić information content (AvgIpc) is 3.42. The zero-order chi connectivity index (χ0) is 54.4. The number of amides is 2. The highest BCUT2D eigenvalue weighted by atomic mass is 35.7. The fourth-order valence-corrected chi connectivity index (χ4v) is 9.78. The Morgan fingerprint density at radius 3 is 1.32 bits per heavy atom. The molecule has 0 unspecified atom stereocenters. The van der Waals surface area contributed by atoms with Crippen LogP contribution in [-0.4, -0.2) is 131 Å². The number of hydrogen-bond acceptors (Lipinski definition) is 14. The van der Waals surface area contributed by atoms with Gasteiger partial charge in [0.05, 0.1) is 28.3 Å². The SMILES string of the molecule is C=CS(=O)(=O)N1CCN(c2ccc(C(N)=O)c(-c3ccc(Oc4ccccc4)cc3)n2)CC1.CCN(CC)CC.NC(=O)c1ccc(N2CCNCC2)nc1-c1ccc(Oc2ccccc2)cc1.O=S(=O)(Cl)CCCl. The monoisotopic (exact) mass is 1100 g/mol. The van der Waals surface area contributed by atoms with Gasteiger partial charge in [-0.1, -0.05) is 63.7 Å². The fourth-order valence-electron chi connectivity index (χ4n) is 7.63. The predicted octanol–water partition coefficient (Wildman–Crippen LogP) is 8.43. The lowest BCUT2D eigenvalue weighted by molar-refractivity contribution is 0.0992. The Labute approximate surface area is 450 Å². The summed E-state index contributed by atoms with van der Waals surface area (Å²) < 4.78 is 56.9. The Kier molecular flexibility index (Phi) is 23.3. The van der Waals surface area contributed by atoms with Crippen LogP contribution in [0.3, 0.4) is 0 Å². The third-order valence-electron chi connectivity index (χ3n) is 11.7. The van der Waals surface area contributed by atoms with E-state index in [-0.39, 0.29) is 11.6 Å². The highest BCUT2D eigenvalue weighted by molar-refractivity contribution is 8.13. The van der Waals surface area contributed by atoms with Crippen LogP contribution >= 0.6 is 22.3 Å². The number of ether oxygens (including phenoxy) is 2. The number of halogens is 2. The molecule has 2 fully saturated rings. The number of para-hydroxylation sites is 2. The Bertz CT molecular complexity index is 2980. The van der Waals surface area contributed by atoms with Gasteiger partial charge in [0.15, 0.2) is 0 Å². The van der Waals surface area contributed by atoms with E-state index in [0.29, 0.717) is 66.0 Å². The molecule has 8 rings (SSSR count). The molecule has 75 heavy (non-hydrogen) atoms. The molecule has 2 aromatic heterocycles. The lowest BCUT2D eigenvalue weighted by Gasteiger charge is -2.34. The van der Waals surface area contributed by atoms with E-state index in [4.69, 9.17) is 53.2 Å². The van der Waals surface area contributed by atoms with Crippen LogP contribution in [-0.2, 0) is 19.1 Å². The largest absolute Gasteiger partial charge is 0.457 e. The summed E-state index contributed by atoms with van der Waals surface area (Å²) >= 11 is 5.02. The first-order chi connectivity index (χ1) is 36.0. The zero-order valence-electron chi connectivity index (χ0n) is 42.4. The summed E-state index contributed by atoms with van der Waals surface area (Å²) in [7, 11) is -2.06. The number of benzene rings is 4. The second-order valence-corrected chi connectivity index (χ2v) is 21.8. The van der Waals surface area contributed by atoms with E-state index in [1.54, 1.807) is 30.3 Å². The van der Waals surface area contributed by atoms with Gasteiger partial charge in [-0.3, -0.25) is 9.59 Å². The van der Waals surface area contributed by atoms with Crippen molar-refractivity contribution in [2.24, 2.45) is 11.5 Å². The number of nitrogens with zero attached hydrogens (tertiary/aromatic N) is 6. The van der Waals surface area contributed by atoms with Crippen LogP contribution in [0.15, 0.2) is 145 Å². The molecule has 0 bridgehead atoms. The number of aromatic nitrogens is 2. The van der Waals surface area contributed by atoms with E-state index in [1.165, 1.54) is 23.9 Å². The topological polar surface area (TPSA) is 224 Å². The minimum Gasteiger partial charge on any atom is -0.457 e. The van der Waals surface area contributed by atoms with Gasteiger partial charge in [0.2, 0.25) is 19.1 Å². The van der Waals surface area contributed by atoms with Gasteiger partial charge in [-0.2, -0.15) is 4.31 Å². The van der Waals surface area contributed by atoms with Gasteiger partial charge < -0.3 is 41.0 Å². The number of primary amides is 2. The number of hydrogen-bond donors (Lipinski definition) is 3. The first kappa shape index (κ1) is 59.3. The minimum atomic E-state index is -3.45. The molecule has 2 amide bonds. The Morgan fingerprint density at radius 1 is 0.613 bits per heavy atom. The molecule has 6 aromatic rings. The smallest absolute Gasteiger partial charge is 0.250 e. The van der Waals surface area contributed by atoms with Crippen LogP contribution < -0.4 is 36.1 Å². The Balaban J connectivity index is 0.000000223. The van der Waals surface area contributed by atoms with Gasteiger partial charge in [0.25, 0.3) is 11.8 Å². The van der Waals surface area contributed by atoms with E-state index >= 15 is 0 Å². The summed E-state index contributed by atoms with van der Waals surface area (Å²) in [6.07, 6.45) is 0. The molecule has 0 aliphatic carbocycles. The van der Waals surface area contributed by atoms with Crippen molar-refractivity contribution < 1.29 is 35.9 Å². The van der Waals surface area contributed by atoms with Crippen molar-refractivity contribution in [3.63, 3.8) is 0 Å². The maximum absolute atomic E-state index is 12.0. The Morgan fingerprint density at radius 2 is 1.00 bits per heavy atom. The van der Waals surface area contributed by atoms with Crippen molar-refractivity contribution >= 4 is 64.8 Å². The highest BCUT2D eigenvalue weighted by Crippen LogP contribution is 2.31. The molecule has 2 aliphatic rings. The summed E-state index contributed by atoms with van der Waals surface area (Å²) in [6, 6.07) is 40.8. The number of carbonyl (C=O) groups excluding carboxylic acids is 2. The number of anilines is 2. The number of nitrogens with two attached hydrogens (primary N) is 2. The molecule has 2 saturated heterocycles. The van der Waals surface area contributed by atoms with E-state index in [2.05, 4.69) is 42.5 Å². The maximum Gasteiger partial charge on any atom is 0.250 e. The molecule has 4 heterocycles. The molecular weight excluding hydrogens is 1040 g/mol. The molecule has 17 nitrogen and oxygen atoms in total. The first-order valence-electron chi connectivity index (χ1n) is 24.3. The number of carbonyl (C=O) groups is 2. The summed E-state index contributed by atoms with van der Waals surface area (Å²) in [5.41, 5.74) is 14.5. The number of nitrogens with one attached hydrogen (secondary N) is 1. The van der Waals surface area contributed by atoms with Gasteiger partial charge in [-0.15, -0.1) is 11.6 Å². The van der Waals surface area contributed by atoms with E-state index < -0.39 is 30.9 Å². The van der Waals surface area contributed by atoms with Crippen molar-refractivity contribution in [2.75, 3.05) is 93.4 Å². The summed E-state index contributed by atoms with van der Waals surface area (Å²) in [4.78, 5) is 40.0. The minimum absolute atomic E-state index is 0.0613. The van der Waals surface area contributed by atoms with Gasteiger partial charge >= 0.3 is 0 Å². The third kappa shape index (κ3) is 18.6. The predicted molar refractivity (Wildman–Crippen MR) is 301 cm³/mol. The Hall–Kier alpha value is -6.58. The lowest BCUT2D eigenvalue weighted by atomic mass is 10.0. The van der Waals surface area contributed by atoms with Crippen molar-refractivity contribution in [3.8, 4) is 45.5 Å². The first-order valence-corrected chi connectivity index (χ1v) is 28.8. The van der Waals surface area contributed by atoms with Crippen LogP contribution in [0.5, 0.6) is 23.0 Å². The van der Waals surface area contributed by atoms with Crippen molar-refractivity contribution in [1.29, 1.82) is 0 Å². The van der Waals surface area contributed by atoms with E-state index in [9.17, 15) is 26.4 Å². The second-order valence-electron chi connectivity index (χ2n) is 16.6. The number of alkyl halides is 1. The van der Waals surface area contributed by atoms with Crippen molar-refractivity contribution in [1.82, 2.24) is 24.5 Å². The number of piperazine rings is 2. The van der Waals surface area contributed by atoms with E-state index in [1.807, 2.05) is 108 Å². The van der Waals surface area contributed by atoms with Crippen LogP contribution in [0.4, 0.5) is 11.6 Å². The molecule has 2 aliphatic heterocycles. The normalized spacial score (nSPS) is 13.7. The highest BCUT2D eigenvalue weighted by Gasteiger charge is 2.26. The number of rotatable bonds is 17. The van der Waals surface area contributed by atoms with Crippen LogP contribution in [0.2, 0.25) is 0 Å².